The van der Waals surface area contributed by atoms with Crippen LogP contribution in [-0.2, 0) is 4.74 Å². The first-order valence-corrected chi connectivity index (χ1v) is 8.17. The summed E-state index contributed by atoms with van der Waals surface area (Å²) in [5.74, 6) is -0.488. The molecule has 0 aliphatic heterocycles. The maximum absolute atomic E-state index is 12.3. The summed E-state index contributed by atoms with van der Waals surface area (Å²) in [5.41, 5.74) is 0.718. The van der Waals surface area contributed by atoms with Crippen LogP contribution in [0.4, 0.5) is 0 Å². The number of halogens is 1. The number of rotatable bonds is 8. The van der Waals surface area contributed by atoms with E-state index >= 15 is 0 Å². The van der Waals surface area contributed by atoms with Gasteiger partial charge < -0.3 is 9.47 Å². The fourth-order valence-electron chi connectivity index (χ4n) is 2.03. The van der Waals surface area contributed by atoms with Crippen molar-refractivity contribution in [1.29, 1.82) is 0 Å². The minimum absolute atomic E-state index is 0.222. The molecule has 0 aliphatic rings. The maximum Gasteiger partial charge on any atom is 0.342 e. The second-order valence-electron chi connectivity index (χ2n) is 5.21. The van der Waals surface area contributed by atoms with Crippen LogP contribution in [0.15, 0.2) is 48.5 Å². The van der Waals surface area contributed by atoms with Crippen molar-refractivity contribution in [3.63, 3.8) is 0 Å². The molecule has 0 fully saturated rings. The van der Waals surface area contributed by atoms with Crippen LogP contribution < -0.4 is 4.74 Å². The van der Waals surface area contributed by atoms with Crippen LogP contribution in [0.25, 0.3) is 0 Å². The summed E-state index contributed by atoms with van der Waals surface area (Å²) in [6.45, 7) is 2.22. The zero-order valence-electron chi connectivity index (χ0n) is 13.5. The van der Waals surface area contributed by atoms with Crippen LogP contribution in [0.1, 0.15) is 40.5 Å². The number of carbonyl (C=O) groups is 2. The number of esters is 1. The van der Waals surface area contributed by atoms with E-state index in [9.17, 15) is 9.59 Å². The molecule has 24 heavy (non-hydrogen) atoms. The third-order valence-electron chi connectivity index (χ3n) is 3.35. The molecule has 0 saturated heterocycles. The van der Waals surface area contributed by atoms with E-state index in [1.165, 1.54) is 6.07 Å². The molecule has 0 unspecified atom stereocenters. The number of benzene rings is 2. The van der Waals surface area contributed by atoms with Crippen molar-refractivity contribution in [3.8, 4) is 5.75 Å². The summed E-state index contributed by atoms with van der Waals surface area (Å²) in [6.07, 6.45) is 1.86. The molecule has 0 radical (unpaired) electrons. The van der Waals surface area contributed by atoms with Gasteiger partial charge in [-0.15, -0.1) is 0 Å². The van der Waals surface area contributed by atoms with Gasteiger partial charge in [-0.2, -0.15) is 0 Å². The molecule has 2 aromatic rings. The van der Waals surface area contributed by atoms with Crippen molar-refractivity contribution < 1.29 is 19.1 Å². The van der Waals surface area contributed by atoms with Gasteiger partial charge in [-0.25, -0.2) is 4.79 Å². The van der Waals surface area contributed by atoms with E-state index in [0.717, 1.165) is 12.8 Å². The minimum atomic E-state index is -0.631. The fourth-order valence-corrected chi connectivity index (χ4v) is 2.20. The predicted molar refractivity (Wildman–Crippen MR) is 92.9 cm³/mol. The first kappa shape index (κ1) is 18.0. The van der Waals surface area contributed by atoms with E-state index in [0.29, 0.717) is 22.9 Å². The van der Waals surface area contributed by atoms with E-state index in [1.54, 1.807) is 36.4 Å². The normalized spacial score (nSPS) is 10.2. The fraction of sp³-hybridized carbons (Fsp3) is 0.263. The van der Waals surface area contributed by atoms with Crippen molar-refractivity contribution in [2.24, 2.45) is 0 Å². The molecular weight excluding hydrogens is 328 g/mol. The Morgan fingerprint density at radius 1 is 1.08 bits per heavy atom. The summed E-state index contributed by atoms with van der Waals surface area (Å²) in [4.78, 5) is 24.3. The lowest BCUT2D eigenvalue weighted by Crippen LogP contribution is -2.15. The second-order valence-corrected chi connectivity index (χ2v) is 5.64. The number of unbranched alkanes of at least 4 members (excludes halogenated alkanes) is 1. The third-order valence-corrected chi connectivity index (χ3v) is 3.58. The van der Waals surface area contributed by atoms with Crippen LogP contribution in [-0.4, -0.2) is 25.0 Å². The molecule has 0 aromatic heterocycles. The smallest absolute Gasteiger partial charge is 0.342 e. The highest BCUT2D eigenvalue weighted by Gasteiger charge is 2.17. The van der Waals surface area contributed by atoms with Crippen molar-refractivity contribution in [3.05, 3.63) is 64.7 Å². The molecule has 0 aliphatic carbocycles. The highest BCUT2D eigenvalue weighted by molar-refractivity contribution is 6.31. The molecule has 0 spiro atoms. The Labute approximate surface area is 146 Å². The van der Waals surface area contributed by atoms with Gasteiger partial charge in [-0.1, -0.05) is 55.3 Å². The molecule has 4 nitrogen and oxygen atoms in total. The van der Waals surface area contributed by atoms with Crippen molar-refractivity contribution in [1.82, 2.24) is 0 Å². The van der Waals surface area contributed by atoms with E-state index in [4.69, 9.17) is 21.1 Å². The Balaban J connectivity index is 2.03. The Bertz CT molecular complexity index is 698. The highest BCUT2D eigenvalue weighted by atomic mass is 35.5. The van der Waals surface area contributed by atoms with Crippen LogP contribution in [0.2, 0.25) is 5.02 Å². The highest BCUT2D eigenvalue weighted by Crippen LogP contribution is 2.24. The molecule has 0 heterocycles. The van der Waals surface area contributed by atoms with E-state index in [-0.39, 0.29) is 18.0 Å². The summed E-state index contributed by atoms with van der Waals surface area (Å²) < 4.78 is 10.7. The number of hydrogen-bond acceptors (Lipinski definition) is 4. The van der Waals surface area contributed by atoms with E-state index in [2.05, 4.69) is 6.92 Å². The van der Waals surface area contributed by atoms with Gasteiger partial charge in [0.05, 0.1) is 6.61 Å². The lowest BCUT2D eigenvalue weighted by molar-refractivity contribution is 0.0470. The molecule has 126 valence electrons. The van der Waals surface area contributed by atoms with Crippen LogP contribution >= 0.6 is 11.6 Å². The number of Topliss-reactive ketones (excluding diaryl/α,β-unsaturated/α-hetero) is 1. The standard InChI is InChI=1S/C19H19ClO4/c1-2-3-11-23-18-10-9-15(20)12-16(18)19(22)24-13-17(21)14-7-5-4-6-8-14/h4-10,12H,2-3,11,13H2,1H3. The van der Waals surface area contributed by atoms with Gasteiger partial charge in [0.2, 0.25) is 0 Å². The molecule has 0 N–H and O–H groups in total. The summed E-state index contributed by atoms with van der Waals surface area (Å²) in [6, 6.07) is 13.4. The minimum Gasteiger partial charge on any atom is -0.493 e. The topological polar surface area (TPSA) is 52.6 Å². The van der Waals surface area contributed by atoms with Gasteiger partial charge in [-0.3, -0.25) is 4.79 Å². The number of ketones is 1. The molecule has 0 atom stereocenters. The lowest BCUT2D eigenvalue weighted by Gasteiger charge is -2.11. The van der Waals surface area contributed by atoms with Crippen LogP contribution in [0.3, 0.4) is 0 Å². The van der Waals surface area contributed by atoms with Crippen LogP contribution in [0, 0.1) is 0 Å². The molecule has 5 heteroatoms. The van der Waals surface area contributed by atoms with E-state index < -0.39 is 5.97 Å². The van der Waals surface area contributed by atoms with E-state index in [1.807, 2.05) is 6.07 Å². The first-order valence-electron chi connectivity index (χ1n) is 7.79. The van der Waals surface area contributed by atoms with Crippen molar-refractivity contribution >= 4 is 23.4 Å². The second kappa shape index (κ2) is 9.08. The quantitative estimate of drug-likeness (QED) is 0.399. The SMILES string of the molecule is CCCCOc1ccc(Cl)cc1C(=O)OCC(=O)c1ccccc1. The molecular formula is C19H19ClO4. The Morgan fingerprint density at radius 2 is 1.83 bits per heavy atom. The van der Waals surface area contributed by atoms with Gasteiger partial charge in [0, 0.05) is 10.6 Å². The number of hydrogen-bond donors (Lipinski definition) is 0. The zero-order valence-corrected chi connectivity index (χ0v) is 14.2. The number of carbonyl (C=O) groups excluding carboxylic acids is 2. The van der Waals surface area contributed by atoms with Gasteiger partial charge in [0.1, 0.15) is 11.3 Å². The van der Waals surface area contributed by atoms with Gasteiger partial charge in [0.25, 0.3) is 0 Å². The monoisotopic (exact) mass is 346 g/mol. The Morgan fingerprint density at radius 3 is 2.54 bits per heavy atom. The average Bonchev–Trinajstić information content (AvgIpc) is 2.61. The lowest BCUT2D eigenvalue weighted by atomic mass is 10.1. The van der Waals surface area contributed by atoms with Gasteiger partial charge >= 0.3 is 5.97 Å². The van der Waals surface area contributed by atoms with Crippen molar-refractivity contribution in [2.75, 3.05) is 13.2 Å². The Hall–Kier alpha value is -2.33. The van der Waals surface area contributed by atoms with Crippen LogP contribution in [0.5, 0.6) is 5.75 Å². The molecule has 2 rings (SSSR count). The summed E-state index contributed by atoms with van der Waals surface area (Å²) in [7, 11) is 0. The molecule has 0 amide bonds. The molecule has 0 bridgehead atoms. The largest absolute Gasteiger partial charge is 0.493 e. The van der Waals surface area contributed by atoms with Crippen molar-refractivity contribution in [2.45, 2.75) is 19.8 Å². The summed E-state index contributed by atoms with van der Waals surface area (Å²) >= 11 is 5.95. The molecule has 0 saturated carbocycles. The third kappa shape index (κ3) is 5.10. The summed E-state index contributed by atoms with van der Waals surface area (Å²) in [5, 5.41) is 0.402. The van der Waals surface area contributed by atoms with Gasteiger partial charge in [-0.05, 0) is 24.6 Å². The van der Waals surface area contributed by atoms with Gasteiger partial charge in [0.15, 0.2) is 12.4 Å². The number of ether oxygens (including phenoxy) is 2. The Kier molecular flexibility index (Phi) is 6.82. The molecule has 2 aromatic carbocycles. The predicted octanol–water partition coefficient (Wildman–Crippen LogP) is 4.56. The zero-order chi connectivity index (χ0) is 17.4. The first-order chi connectivity index (χ1) is 11.6. The average molecular weight is 347 g/mol. The maximum atomic E-state index is 12.3.